The third kappa shape index (κ3) is 4.03. The maximum Gasteiger partial charge on any atom is 0.123 e. The number of rotatable bonds is 5. The van der Waals surface area contributed by atoms with E-state index in [1.165, 1.54) is 11.1 Å². The van der Waals surface area contributed by atoms with E-state index in [-0.39, 0.29) is 5.92 Å². The maximum absolute atomic E-state index is 9.77. The highest BCUT2D eigenvalue weighted by atomic mass is 16.5. The van der Waals surface area contributed by atoms with Crippen LogP contribution >= 0.6 is 0 Å². The van der Waals surface area contributed by atoms with Crippen molar-refractivity contribution in [3.63, 3.8) is 0 Å². The third-order valence-corrected chi connectivity index (χ3v) is 5.37. The van der Waals surface area contributed by atoms with E-state index in [0.29, 0.717) is 5.92 Å². The number of likely N-dealkylation sites (tertiary alicyclic amines) is 1. The standard InChI is InChI=1S/C22H26N2O/c1-17-7-3-4-8-19(17)16-24-13-11-18(12-14-24)21(15-23)20-9-5-6-10-22(20)25-2/h3-10,18,21H,11-14,16H2,1-2H3. The minimum atomic E-state index is -0.0863. The molecule has 0 spiro atoms. The summed E-state index contributed by atoms with van der Waals surface area (Å²) in [5, 5.41) is 9.77. The van der Waals surface area contributed by atoms with E-state index in [9.17, 15) is 5.26 Å². The van der Waals surface area contributed by atoms with Crippen LogP contribution in [-0.4, -0.2) is 25.1 Å². The third-order valence-electron chi connectivity index (χ3n) is 5.37. The number of ether oxygens (including phenoxy) is 1. The summed E-state index contributed by atoms with van der Waals surface area (Å²) in [7, 11) is 1.68. The van der Waals surface area contributed by atoms with Gasteiger partial charge in [0.05, 0.1) is 19.1 Å². The monoisotopic (exact) mass is 334 g/mol. The van der Waals surface area contributed by atoms with Crippen LogP contribution in [0.25, 0.3) is 0 Å². The van der Waals surface area contributed by atoms with Gasteiger partial charge in [0.25, 0.3) is 0 Å². The van der Waals surface area contributed by atoms with Gasteiger partial charge < -0.3 is 4.74 Å². The van der Waals surface area contributed by atoms with Gasteiger partial charge in [0, 0.05) is 12.1 Å². The Morgan fingerprint density at radius 3 is 2.48 bits per heavy atom. The van der Waals surface area contributed by atoms with Gasteiger partial charge in [-0.1, -0.05) is 42.5 Å². The molecule has 0 aromatic heterocycles. The van der Waals surface area contributed by atoms with E-state index >= 15 is 0 Å². The summed E-state index contributed by atoms with van der Waals surface area (Å²) in [5.74, 6) is 1.14. The summed E-state index contributed by atoms with van der Waals surface area (Å²) in [6, 6.07) is 19.1. The van der Waals surface area contributed by atoms with Crippen molar-refractivity contribution in [3.8, 4) is 11.8 Å². The summed E-state index contributed by atoms with van der Waals surface area (Å²) in [6.45, 7) is 5.28. The number of methoxy groups -OCH3 is 1. The first-order valence-corrected chi connectivity index (χ1v) is 9.02. The second-order valence-corrected chi connectivity index (χ2v) is 6.89. The lowest BCUT2D eigenvalue weighted by Crippen LogP contribution is -2.35. The first-order valence-electron chi connectivity index (χ1n) is 9.02. The summed E-state index contributed by atoms with van der Waals surface area (Å²) < 4.78 is 5.47. The fraction of sp³-hybridized carbons (Fsp3) is 0.409. The number of nitriles is 1. The highest BCUT2D eigenvalue weighted by molar-refractivity contribution is 5.39. The molecule has 3 heteroatoms. The molecule has 1 heterocycles. The molecule has 0 N–H and O–H groups in total. The Labute approximate surface area is 150 Å². The number of para-hydroxylation sites is 1. The van der Waals surface area contributed by atoms with E-state index in [1.54, 1.807) is 7.11 Å². The van der Waals surface area contributed by atoms with Crippen molar-refractivity contribution >= 4 is 0 Å². The van der Waals surface area contributed by atoms with Crippen molar-refractivity contribution in [3.05, 3.63) is 65.2 Å². The number of benzene rings is 2. The Hall–Kier alpha value is -2.31. The second kappa shape index (κ2) is 8.18. The van der Waals surface area contributed by atoms with Gasteiger partial charge >= 0.3 is 0 Å². The largest absolute Gasteiger partial charge is 0.496 e. The molecule has 3 nitrogen and oxygen atoms in total. The van der Waals surface area contributed by atoms with Crippen LogP contribution in [0.1, 0.15) is 35.4 Å². The lowest BCUT2D eigenvalue weighted by atomic mass is 9.80. The van der Waals surface area contributed by atoms with Crippen LogP contribution in [0.2, 0.25) is 0 Å². The van der Waals surface area contributed by atoms with Crippen molar-refractivity contribution in [2.24, 2.45) is 5.92 Å². The van der Waals surface area contributed by atoms with E-state index in [2.05, 4.69) is 42.2 Å². The molecule has 0 aliphatic carbocycles. The van der Waals surface area contributed by atoms with E-state index in [4.69, 9.17) is 4.74 Å². The van der Waals surface area contributed by atoms with Gasteiger partial charge in [0.15, 0.2) is 0 Å². The molecule has 0 saturated carbocycles. The smallest absolute Gasteiger partial charge is 0.123 e. The highest BCUT2D eigenvalue weighted by Crippen LogP contribution is 2.36. The van der Waals surface area contributed by atoms with Crippen molar-refractivity contribution in [2.45, 2.75) is 32.2 Å². The molecule has 1 saturated heterocycles. The van der Waals surface area contributed by atoms with Crippen LogP contribution in [0, 0.1) is 24.2 Å². The highest BCUT2D eigenvalue weighted by Gasteiger charge is 2.29. The molecular formula is C22H26N2O. The van der Waals surface area contributed by atoms with E-state index < -0.39 is 0 Å². The van der Waals surface area contributed by atoms with Crippen LogP contribution in [0.5, 0.6) is 5.75 Å². The van der Waals surface area contributed by atoms with Crippen LogP contribution < -0.4 is 4.74 Å². The molecule has 0 radical (unpaired) electrons. The minimum absolute atomic E-state index is 0.0863. The first-order chi connectivity index (χ1) is 12.2. The first kappa shape index (κ1) is 17.5. The molecule has 1 fully saturated rings. The number of aryl methyl sites for hydroxylation is 1. The molecule has 0 bridgehead atoms. The summed E-state index contributed by atoms with van der Waals surface area (Å²) in [5.41, 5.74) is 3.79. The molecule has 1 aliphatic heterocycles. The Kier molecular flexibility index (Phi) is 5.73. The molecule has 1 atom stereocenters. The maximum atomic E-state index is 9.77. The van der Waals surface area contributed by atoms with E-state index in [1.807, 2.05) is 24.3 Å². The van der Waals surface area contributed by atoms with Gasteiger partial charge in [-0.15, -0.1) is 0 Å². The predicted molar refractivity (Wildman–Crippen MR) is 101 cm³/mol. The number of piperidine rings is 1. The van der Waals surface area contributed by atoms with E-state index in [0.717, 1.165) is 43.8 Å². The lowest BCUT2D eigenvalue weighted by molar-refractivity contribution is 0.170. The summed E-state index contributed by atoms with van der Waals surface area (Å²) in [4.78, 5) is 2.51. The second-order valence-electron chi connectivity index (χ2n) is 6.89. The van der Waals surface area contributed by atoms with Crippen LogP contribution in [0.15, 0.2) is 48.5 Å². The van der Waals surface area contributed by atoms with Crippen LogP contribution in [0.4, 0.5) is 0 Å². The number of hydrogen-bond acceptors (Lipinski definition) is 3. The zero-order chi connectivity index (χ0) is 17.6. The lowest BCUT2D eigenvalue weighted by Gasteiger charge is -2.34. The molecule has 2 aromatic rings. The Balaban J connectivity index is 1.65. The van der Waals surface area contributed by atoms with Gasteiger partial charge in [-0.25, -0.2) is 0 Å². The fourth-order valence-electron chi connectivity index (χ4n) is 3.83. The number of hydrogen-bond donors (Lipinski definition) is 0. The predicted octanol–water partition coefficient (Wildman–Crippen LogP) is 4.52. The molecule has 1 aliphatic rings. The van der Waals surface area contributed by atoms with Crippen molar-refractivity contribution in [1.82, 2.24) is 4.90 Å². The van der Waals surface area contributed by atoms with Gasteiger partial charge in [-0.05, 0) is 56.0 Å². The summed E-state index contributed by atoms with van der Waals surface area (Å²) in [6.07, 6.45) is 2.12. The van der Waals surface area contributed by atoms with Gasteiger partial charge in [-0.3, -0.25) is 4.90 Å². The molecule has 2 aromatic carbocycles. The molecule has 3 rings (SSSR count). The Morgan fingerprint density at radius 1 is 1.12 bits per heavy atom. The molecule has 25 heavy (non-hydrogen) atoms. The van der Waals surface area contributed by atoms with Gasteiger partial charge in [-0.2, -0.15) is 5.26 Å². The normalized spacial score (nSPS) is 17.0. The Bertz CT molecular complexity index is 742. The van der Waals surface area contributed by atoms with Gasteiger partial charge in [0.1, 0.15) is 5.75 Å². The topological polar surface area (TPSA) is 36.3 Å². The molecule has 1 unspecified atom stereocenters. The molecule has 130 valence electrons. The van der Waals surface area contributed by atoms with Crippen molar-refractivity contribution in [2.75, 3.05) is 20.2 Å². The quantitative estimate of drug-likeness (QED) is 0.806. The number of nitrogens with zero attached hydrogens (tertiary/aromatic N) is 2. The summed E-state index contributed by atoms with van der Waals surface area (Å²) >= 11 is 0. The minimum Gasteiger partial charge on any atom is -0.496 e. The average Bonchev–Trinajstić information content (AvgIpc) is 2.66. The zero-order valence-corrected chi connectivity index (χ0v) is 15.1. The van der Waals surface area contributed by atoms with Crippen molar-refractivity contribution in [1.29, 1.82) is 5.26 Å². The zero-order valence-electron chi connectivity index (χ0n) is 15.1. The molecular weight excluding hydrogens is 308 g/mol. The van der Waals surface area contributed by atoms with Crippen molar-refractivity contribution < 1.29 is 4.74 Å². The fourth-order valence-corrected chi connectivity index (χ4v) is 3.83. The van der Waals surface area contributed by atoms with Crippen LogP contribution in [-0.2, 0) is 6.54 Å². The molecule has 0 amide bonds. The van der Waals surface area contributed by atoms with Gasteiger partial charge in [0.2, 0.25) is 0 Å². The van der Waals surface area contributed by atoms with Crippen LogP contribution in [0.3, 0.4) is 0 Å². The SMILES string of the molecule is COc1ccccc1C(C#N)C1CCN(Cc2ccccc2C)CC1. The Morgan fingerprint density at radius 2 is 1.80 bits per heavy atom. The average molecular weight is 334 g/mol.